The van der Waals surface area contributed by atoms with Gasteiger partial charge in [-0.2, -0.15) is 18.3 Å². The van der Waals surface area contributed by atoms with Crippen molar-refractivity contribution >= 4 is 28.3 Å². The van der Waals surface area contributed by atoms with Gasteiger partial charge in [0.15, 0.2) is 5.69 Å². The lowest BCUT2D eigenvalue weighted by Gasteiger charge is -2.14. The number of halogens is 4. The van der Waals surface area contributed by atoms with E-state index >= 15 is 0 Å². The molecule has 2 aromatic heterocycles. The van der Waals surface area contributed by atoms with Crippen molar-refractivity contribution < 1.29 is 22.7 Å². The van der Waals surface area contributed by atoms with Crippen LogP contribution in [0.15, 0.2) is 36.7 Å². The zero-order valence-electron chi connectivity index (χ0n) is 12.8. The highest BCUT2D eigenvalue weighted by atomic mass is 35.5. The molecule has 0 unspecified atom stereocenters. The molecule has 1 aromatic carbocycles. The Morgan fingerprint density at radius 1 is 1.24 bits per heavy atom. The Morgan fingerprint density at radius 2 is 1.92 bits per heavy atom. The molecule has 0 radical (unpaired) electrons. The largest absolute Gasteiger partial charge is 0.462 e. The molecular formula is C16H11ClF3N3O2. The van der Waals surface area contributed by atoms with E-state index in [0.717, 1.165) is 6.20 Å². The summed E-state index contributed by atoms with van der Waals surface area (Å²) in [6, 6.07) is 6.59. The summed E-state index contributed by atoms with van der Waals surface area (Å²) in [5.74, 6) is -1.09. The number of alkyl halides is 3. The highest BCUT2D eigenvalue weighted by Gasteiger charge is 2.41. The number of nitrogens with zero attached hydrogens (tertiary/aromatic N) is 3. The molecule has 0 aliphatic carbocycles. The van der Waals surface area contributed by atoms with Crippen LogP contribution in [0.1, 0.15) is 23.0 Å². The molecular weight excluding hydrogens is 359 g/mol. The fraction of sp³-hybridized carbons (Fsp3) is 0.188. The molecule has 2 heterocycles. The van der Waals surface area contributed by atoms with Gasteiger partial charge in [0.05, 0.1) is 24.7 Å². The van der Waals surface area contributed by atoms with Gasteiger partial charge in [0.2, 0.25) is 0 Å². The molecule has 0 saturated heterocycles. The number of hydrogen-bond donors (Lipinski definition) is 0. The Hall–Kier alpha value is -2.61. The average Bonchev–Trinajstić information content (AvgIpc) is 3.01. The summed E-state index contributed by atoms with van der Waals surface area (Å²) >= 11 is 6.01. The van der Waals surface area contributed by atoms with Crippen LogP contribution >= 0.6 is 11.6 Å². The maximum Gasteiger partial charge on any atom is 0.434 e. The number of rotatable bonds is 3. The normalized spacial score (nSPS) is 11.7. The second kappa shape index (κ2) is 6.36. The number of esters is 1. The van der Waals surface area contributed by atoms with Gasteiger partial charge in [-0.3, -0.25) is 0 Å². The van der Waals surface area contributed by atoms with E-state index in [-0.39, 0.29) is 17.4 Å². The number of aromatic nitrogens is 3. The second-order valence-electron chi connectivity index (χ2n) is 5.02. The molecule has 9 heteroatoms. The minimum absolute atomic E-state index is 0.0489. The van der Waals surface area contributed by atoms with Crippen molar-refractivity contribution in [3.8, 4) is 5.69 Å². The number of hydrogen-bond acceptors (Lipinski definition) is 4. The number of fused-ring (bicyclic) bond motifs is 1. The first-order chi connectivity index (χ1) is 11.8. The Kier molecular flexibility index (Phi) is 4.38. The molecule has 130 valence electrons. The predicted octanol–water partition coefficient (Wildman–Crippen LogP) is 4.27. The standard InChI is InChI=1S/C16H11ClF3N3O2/c1-2-25-15(24)11-7-22-23(13(11)16(18,19)20)12-8-21-14(17)10-6-4-3-5-9(10)12/h3-8H,2H2,1H3. The molecule has 0 fully saturated rings. The summed E-state index contributed by atoms with van der Waals surface area (Å²) in [6.45, 7) is 1.46. The van der Waals surface area contributed by atoms with Crippen molar-refractivity contribution in [1.82, 2.24) is 14.8 Å². The van der Waals surface area contributed by atoms with E-state index in [1.54, 1.807) is 24.3 Å². The summed E-state index contributed by atoms with van der Waals surface area (Å²) in [5, 5.41) is 4.80. The monoisotopic (exact) mass is 369 g/mol. The van der Waals surface area contributed by atoms with Crippen LogP contribution in [0.3, 0.4) is 0 Å². The predicted molar refractivity (Wildman–Crippen MR) is 84.8 cm³/mol. The first-order valence-electron chi connectivity index (χ1n) is 7.20. The fourth-order valence-corrected chi connectivity index (χ4v) is 2.69. The van der Waals surface area contributed by atoms with Gasteiger partial charge in [0, 0.05) is 10.8 Å². The fourth-order valence-electron chi connectivity index (χ4n) is 2.47. The number of carbonyl (C=O) groups is 1. The topological polar surface area (TPSA) is 57.0 Å². The minimum atomic E-state index is -4.82. The molecule has 3 rings (SSSR count). The SMILES string of the molecule is CCOC(=O)c1cnn(-c2cnc(Cl)c3ccccc23)c1C(F)(F)F. The highest BCUT2D eigenvalue weighted by Crippen LogP contribution is 2.36. The molecule has 0 saturated carbocycles. The highest BCUT2D eigenvalue weighted by molar-refractivity contribution is 6.34. The van der Waals surface area contributed by atoms with Gasteiger partial charge in [-0.1, -0.05) is 35.9 Å². The van der Waals surface area contributed by atoms with Gasteiger partial charge in [0.25, 0.3) is 0 Å². The quantitative estimate of drug-likeness (QED) is 0.511. The molecule has 25 heavy (non-hydrogen) atoms. The van der Waals surface area contributed by atoms with Crippen LogP contribution in [0.5, 0.6) is 0 Å². The van der Waals surface area contributed by atoms with Crippen LogP contribution in [0, 0.1) is 0 Å². The van der Waals surface area contributed by atoms with Crippen molar-refractivity contribution in [3.63, 3.8) is 0 Å². The average molecular weight is 370 g/mol. The smallest absolute Gasteiger partial charge is 0.434 e. The van der Waals surface area contributed by atoms with Crippen molar-refractivity contribution in [1.29, 1.82) is 0 Å². The van der Waals surface area contributed by atoms with E-state index in [0.29, 0.717) is 15.5 Å². The van der Waals surface area contributed by atoms with Crippen molar-refractivity contribution in [3.05, 3.63) is 53.1 Å². The molecule has 0 spiro atoms. The van der Waals surface area contributed by atoms with Gasteiger partial charge < -0.3 is 4.74 Å². The zero-order valence-corrected chi connectivity index (χ0v) is 13.6. The summed E-state index contributed by atoms with van der Waals surface area (Å²) in [5.41, 5.74) is -1.82. The lowest BCUT2D eigenvalue weighted by atomic mass is 10.1. The summed E-state index contributed by atoms with van der Waals surface area (Å²) in [4.78, 5) is 15.8. The second-order valence-corrected chi connectivity index (χ2v) is 5.37. The Balaban J connectivity index is 2.29. The molecule has 3 aromatic rings. The number of ether oxygens (including phenoxy) is 1. The molecule has 0 N–H and O–H groups in total. The number of benzene rings is 1. The maximum absolute atomic E-state index is 13.6. The summed E-state index contributed by atoms with van der Waals surface area (Å²) in [7, 11) is 0. The Bertz CT molecular complexity index is 953. The van der Waals surface area contributed by atoms with E-state index < -0.39 is 23.4 Å². The van der Waals surface area contributed by atoms with Crippen molar-refractivity contribution in [2.45, 2.75) is 13.1 Å². The van der Waals surface area contributed by atoms with Crippen LogP contribution in [0.4, 0.5) is 13.2 Å². The summed E-state index contributed by atoms with van der Waals surface area (Å²) in [6.07, 6.45) is -2.80. The van der Waals surface area contributed by atoms with E-state index in [1.165, 1.54) is 13.1 Å². The van der Waals surface area contributed by atoms with Gasteiger partial charge in [-0.25, -0.2) is 14.5 Å². The van der Waals surface area contributed by atoms with Crippen LogP contribution in [0.2, 0.25) is 5.15 Å². The van der Waals surface area contributed by atoms with Gasteiger partial charge in [-0.15, -0.1) is 0 Å². The van der Waals surface area contributed by atoms with E-state index in [4.69, 9.17) is 16.3 Å². The van der Waals surface area contributed by atoms with Crippen LogP contribution in [0.25, 0.3) is 16.5 Å². The Morgan fingerprint density at radius 3 is 2.56 bits per heavy atom. The van der Waals surface area contributed by atoms with Gasteiger partial charge in [-0.05, 0) is 6.92 Å². The molecule has 0 bridgehead atoms. The maximum atomic E-state index is 13.6. The van der Waals surface area contributed by atoms with Crippen LogP contribution in [-0.4, -0.2) is 27.3 Å². The van der Waals surface area contributed by atoms with Gasteiger partial charge >= 0.3 is 12.1 Å². The van der Waals surface area contributed by atoms with Crippen LogP contribution < -0.4 is 0 Å². The van der Waals surface area contributed by atoms with Crippen molar-refractivity contribution in [2.24, 2.45) is 0 Å². The minimum Gasteiger partial charge on any atom is -0.462 e. The number of carbonyl (C=O) groups excluding carboxylic acids is 1. The van der Waals surface area contributed by atoms with Gasteiger partial charge in [0.1, 0.15) is 10.7 Å². The molecule has 0 aliphatic heterocycles. The third-order valence-electron chi connectivity index (χ3n) is 3.49. The zero-order chi connectivity index (χ0) is 18.2. The third-order valence-corrected chi connectivity index (χ3v) is 3.79. The van der Waals surface area contributed by atoms with E-state index in [1.807, 2.05) is 0 Å². The van der Waals surface area contributed by atoms with E-state index in [9.17, 15) is 18.0 Å². The Labute approximate surface area is 145 Å². The van der Waals surface area contributed by atoms with E-state index in [2.05, 4.69) is 10.1 Å². The lowest BCUT2D eigenvalue weighted by molar-refractivity contribution is -0.143. The first-order valence-corrected chi connectivity index (χ1v) is 7.58. The number of pyridine rings is 1. The lowest BCUT2D eigenvalue weighted by Crippen LogP contribution is -2.18. The molecule has 0 amide bonds. The summed E-state index contributed by atoms with van der Waals surface area (Å²) < 4.78 is 46.1. The first kappa shape index (κ1) is 17.2. The molecule has 0 atom stereocenters. The van der Waals surface area contributed by atoms with Crippen LogP contribution in [-0.2, 0) is 10.9 Å². The van der Waals surface area contributed by atoms with Crippen molar-refractivity contribution in [2.75, 3.05) is 6.61 Å². The third kappa shape index (κ3) is 3.05. The molecule has 0 aliphatic rings. The molecule has 5 nitrogen and oxygen atoms in total.